The van der Waals surface area contributed by atoms with Crippen LogP contribution in [0.25, 0.3) is 0 Å². The molecule has 94 valence electrons. The number of hydrogen-bond donors (Lipinski definition) is 1. The van der Waals surface area contributed by atoms with Gasteiger partial charge in [0.15, 0.2) is 0 Å². The average molecular weight is 236 g/mol. The summed E-state index contributed by atoms with van der Waals surface area (Å²) < 4.78 is 0. The largest absolute Gasteiger partial charge is 0.325 e. The second-order valence-electron chi connectivity index (χ2n) is 4.79. The molecule has 4 heteroatoms. The maximum Gasteiger partial charge on any atom is 0.325 e. The van der Waals surface area contributed by atoms with Crippen molar-refractivity contribution in [3.63, 3.8) is 0 Å². The fraction of sp³-hybridized carbons (Fsp3) is 0.538. The molecule has 1 rings (SSSR count). The molecule has 0 spiro atoms. The second kappa shape index (κ2) is 5.17. The minimum absolute atomic E-state index is 0.162. The van der Waals surface area contributed by atoms with Crippen LogP contribution in [0.5, 0.6) is 0 Å². The lowest BCUT2D eigenvalue weighted by Crippen LogP contribution is -2.43. The lowest BCUT2D eigenvalue weighted by molar-refractivity contribution is -0.130. The summed E-state index contributed by atoms with van der Waals surface area (Å²) in [6.07, 6.45) is 5.03. The van der Waals surface area contributed by atoms with Gasteiger partial charge in [-0.15, -0.1) is 6.58 Å². The Bertz CT molecular complexity index is 370. The Hall–Kier alpha value is -1.58. The first-order valence-electron chi connectivity index (χ1n) is 5.79. The zero-order valence-corrected chi connectivity index (χ0v) is 10.7. The Morgan fingerprint density at radius 3 is 2.65 bits per heavy atom. The van der Waals surface area contributed by atoms with Crippen LogP contribution in [0.15, 0.2) is 24.3 Å². The molecule has 1 unspecified atom stereocenters. The molecule has 3 amide bonds. The van der Waals surface area contributed by atoms with Crippen molar-refractivity contribution in [2.75, 3.05) is 6.54 Å². The monoisotopic (exact) mass is 236 g/mol. The van der Waals surface area contributed by atoms with Crippen LogP contribution in [0.4, 0.5) is 4.79 Å². The summed E-state index contributed by atoms with van der Waals surface area (Å²) in [5, 5.41) is 2.75. The molecule has 0 aliphatic carbocycles. The first-order valence-corrected chi connectivity index (χ1v) is 5.79. The van der Waals surface area contributed by atoms with E-state index >= 15 is 0 Å². The molecular formula is C13H20N2O2. The summed E-state index contributed by atoms with van der Waals surface area (Å²) in [6.45, 7) is 9.61. The third-order valence-electron chi connectivity index (χ3n) is 2.85. The van der Waals surface area contributed by atoms with E-state index in [1.165, 1.54) is 10.5 Å². The minimum atomic E-state index is -0.772. The summed E-state index contributed by atoms with van der Waals surface area (Å²) in [6, 6.07) is -0.324. The molecule has 0 saturated carbocycles. The number of carbonyl (C=O) groups is 2. The summed E-state index contributed by atoms with van der Waals surface area (Å²) in [7, 11) is 0. The fourth-order valence-electron chi connectivity index (χ4n) is 1.86. The van der Waals surface area contributed by atoms with Crippen LogP contribution in [0, 0.1) is 0 Å². The van der Waals surface area contributed by atoms with Crippen LogP contribution in [0.2, 0.25) is 0 Å². The van der Waals surface area contributed by atoms with Gasteiger partial charge in [0.05, 0.1) is 0 Å². The highest BCUT2D eigenvalue weighted by atomic mass is 16.2. The van der Waals surface area contributed by atoms with Crippen molar-refractivity contribution in [2.24, 2.45) is 0 Å². The summed E-state index contributed by atoms with van der Waals surface area (Å²) in [5.74, 6) is -0.162. The maximum absolute atomic E-state index is 12.1. The van der Waals surface area contributed by atoms with Gasteiger partial charge in [0.1, 0.15) is 5.54 Å². The Labute approximate surface area is 102 Å². The van der Waals surface area contributed by atoms with Crippen LogP contribution < -0.4 is 5.32 Å². The quantitative estimate of drug-likeness (QED) is 0.588. The zero-order chi connectivity index (χ0) is 13.1. The van der Waals surface area contributed by atoms with Gasteiger partial charge in [0.25, 0.3) is 5.91 Å². The number of hydrogen-bond acceptors (Lipinski definition) is 2. The van der Waals surface area contributed by atoms with Crippen molar-refractivity contribution in [1.82, 2.24) is 10.2 Å². The van der Waals surface area contributed by atoms with Crippen LogP contribution in [-0.4, -0.2) is 28.9 Å². The minimum Gasteiger partial charge on any atom is -0.323 e. The number of rotatable bonds is 5. The molecule has 1 heterocycles. The van der Waals surface area contributed by atoms with Gasteiger partial charge in [-0.2, -0.15) is 0 Å². The van der Waals surface area contributed by atoms with Crippen molar-refractivity contribution < 1.29 is 9.59 Å². The third-order valence-corrected chi connectivity index (χ3v) is 2.85. The average Bonchev–Trinajstić information content (AvgIpc) is 2.42. The Kier molecular flexibility index (Phi) is 4.10. The van der Waals surface area contributed by atoms with E-state index in [-0.39, 0.29) is 18.5 Å². The highest BCUT2D eigenvalue weighted by Gasteiger charge is 2.46. The van der Waals surface area contributed by atoms with E-state index in [1.807, 2.05) is 13.8 Å². The van der Waals surface area contributed by atoms with Crippen molar-refractivity contribution in [3.05, 3.63) is 24.3 Å². The van der Waals surface area contributed by atoms with Crippen molar-refractivity contribution in [1.29, 1.82) is 0 Å². The molecular weight excluding hydrogens is 216 g/mol. The molecule has 1 fully saturated rings. The first kappa shape index (κ1) is 13.5. The van der Waals surface area contributed by atoms with Gasteiger partial charge in [0.2, 0.25) is 0 Å². The highest BCUT2D eigenvalue weighted by Crippen LogP contribution is 2.23. The Morgan fingerprint density at radius 1 is 1.47 bits per heavy atom. The summed E-state index contributed by atoms with van der Waals surface area (Å²) in [4.78, 5) is 24.9. The van der Waals surface area contributed by atoms with Gasteiger partial charge >= 0.3 is 6.03 Å². The van der Waals surface area contributed by atoms with Crippen molar-refractivity contribution in [2.45, 2.75) is 39.2 Å². The maximum atomic E-state index is 12.1. The molecule has 0 aromatic carbocycles. The van der Waals surface area contributed by atoms with E-state index < -0.39 is 5.54 Å². The predicted octanol–water partition coefficient (Wildman–Crippen LogP) is 2.23. The van der Waals surface area contributed by atoms with Gasteiger partial charge in [-0.05, 0) is 33.6 Å². The molecule has 1 saturated heterocycles. The van der Waals surface area contributed by atoms with E-state index in [1.54, 1.807) is 13.0 Å². The number of urea groups is 1. The molecule has 4 nitrogen and oxygen atoms in total. The normalized spacial score (nSPS) is 23.6. The van der Waals surface area contributed by atoms with E-state index in [2.05, 4.69) is 18.0 Å². The van der Waals surface area contributed by atoms with E-state index in [0.717, 1.165) is 6.42 Å². The Morgan fingerprint density at radius 2 is 2.12 bits per heavy atom. The number of carbonyl (C=O) groups excluding carboxylic acids is 2. The first-order chi connectivity index (χ1) is 7.90. The van der Waals surface area contributed by atoms with Crippen LogP contribution >= 0.6 is 0 Å². The number of allylic oxidation sites excluding steroid dienone is 2. The fourth-order valence-corrected chi connectivity index (χ4v) is 1.86. The molecule has 0 aromatic rings. The predicted molar refractivity (Wildman–Crippen MR) is 67.5 cm³/mol. The number of imide groups is 1. The topological polar surface area (TPSA) is 49.4 Å². The summed E-state index contributed by atoms with van der Waals surface area (Å²) >= 11 is 0. The lowest BCUT2D eigenvalue weighted by atomic mass is 9.95. The molecule has 17 heavy (non-hydrogen) atoms. The third kappa shape index (κ3) is 2.96. The number of nitrogens with one attached hydrogen (secondary N) is 1. The van der Waals surface area contributed by atoms with Crippen molar-refractivity contribution >= 4 is 11.9 Å². The lowest BCUT2D eigenvalue weighted by Gasteiger charge is -2.20. The van der Waals surface area contributed by atoms with Crippen molar-refractivity contribution in [3.8, 4) is 0 Å². The second-order valence-corrected chi connectivity index (χ2v) is 4.79. The molecule has 1 N–H and O–H groups in total. The number of nitrogens with zero attached hydrogens (tertiary/aromatic N) is 1. The molecule has 1 atom stereocenters. The van der Waals surface area contributed by atoms with Gasteiger partial charge < -0.3 is 5.32 Å². The van der Waals surface area contributed by atoms with Gasteiger partial charge in [0, 0.05) is 6.54 Å². The molecule has 1 aliphatic heterocycles. The highest BCUT2D eigenvalue weighted by molar-refractivity contribution is 6.06. The van der Waals surface area contributed by atoms with Crippen LogP contribution in [-0.2, 0) is 4.79 Å². The zero-order valence-electron chi connectivity index (χ0n) is 10.7. The van der Waals surface area contributed by atoms with Gasteiger partial charge in [-0.1, -0.05) is 17.7 Å². The SMILES string of the molecule is C=CCN1C(=O)NC(C)(CCC=C(C)C)C1=O. The van der Waals surface area contributed by atoms with E-state index in [9.17, 15) is 9.59 Å². The van der Waals surface area contributed by atoms with E-state index in [0.29, 0.717) is 6.42 Å². The van der Waals surface area contributed by atoms with Gasteiger partial charge in [-0.3, -0.25) is 9.69 Å². The smallest absolute Gasteiger partial charge is 0.323 e. The summed E-state index contributed by atoms with van der Waals surface area (Å²) in [5.41, 5.74) is 0.444. The molecule has 0 aromatic heterocycles. The van der Waals surface area contributed by atoms with Crippen LogP contribution in [0.1, 0.15) is 33.6 Å². The Balaban J connectivity index is 2.71. The molecule has 0 bridgehead atoms. The number of amides is 3. The van der Waals surface area contributed by atoms with E-state index in [4.69, 9.17) is 0 Å². The van der Waals surface area contributed by atoms with Gasteiger partial charge in [-0.25, -0.2) is 4.79 Å². The molecule has 0 radical (unpaired) electrons. The molecule has 1 aliphatic rings. The standard InChI is InChI=1S/C13H20N2O2/c1-5-9-15-11(16)13(4,14-12(15)17)8-6-7-10(2)3/h5,7H,1,6,8-9H2,2-4H3,(H,14,17). The van der Waals surface area contributed by atoms with Crippen LogP contribution in [0.3, 0.4) is 0 Å².